The van der Waals surface area contributed by atoms with Gasteiger partial charge in [-0.2, -0.15) is 5.26 Å². The number of carbonyl (C=O) groups excluding carboxylic acids is 1. The second kappa shape index (κ2) is 7.50. The van der Waals surface area contributed by atoms with Gasteiger partial charge in [-0.15, -0.1) is 0 Å². The Labute approximate surface area is 156 Å². The maximum absolute atomic E-state index is 12.7. The van der Waals surface area contributed by atoms with Crippen molar-refractivity contribution in [2.75, 3.05) is 5.75 Å². The first-order valence-electron chi connectivity index (χ1n) is 8.83. The van der Waals surface area contributed by atoms with Crippen LogP contribution >= 0.6 is 11.8 Å². The molecule has 7 heteroatoms. The molecule has 1 fully saturated rings. The Balaban J connectivity index is 1.79. The van der Waals surface area contributed by atoms with Crippen LogP contribution in [0.5, 0.6) is 0 Å². The molecule has 0 bridgehead atoms. The van der Waals surface area contributed by atoms with Crippen LogP contribution in [0, 0.1) is 17.2 Å². The number of amides is 1. The Bertz CT molecular complexity index is 929. The molecular formula is C19H22N4O2S. The standard InChI is InChI=1S/C19H22N4O2S/c1-3-10-23-17(25)14-6-4-5-7-15(14)21-18(23)26-11-16(24)22-19(2,12-20)13-8-9-13/h4-7,13H,3,8-11H2,1-2H3,(H,22,24)/t19-/m0/s1. The molecule has 0 spiro atoms. The summed E-state index contributed by atoms with van der Waals surface area (Å²) in [5.74, 6) is 0.147. The molecule has 1 N–H and O–H groups in total. The third-order valence-corrected chi connectivity index (χ3v) is 5.61. The van der Waals surface area contributed by atoms with Gasteiger partial charge in [0, 0.05) is 6.54 Å². The minimum absolute atomic E-state index is 0.0831. The van der Waals surface area contributed by atoms with Gasteiger partial charge in [0.2, 0.25) is 5.91 Å². The highest BCUT2D eigenvalue weighted by molar-refractivity contribution is 7.99. The van der Waals surface area contributed by atoms with E-state index in [2.05, 4.69) is 16.4 Å². The Morgan fingerprint density at radius 3 is 2.85 bits per heavy atom. The topological polar surface area (TPSA) is 87.8 Å². The van der Waals surface area contributed by atoms with Crippen LogP contribution < -0.4 is 10.9 Å². The first-order valence-corrected chi connectivity index (χ1v) is 9.81. The number of para-hydroxylation sites is 1. The van der Waals surface area contributed by atoms with E-state index in [1.807, 2.05) is 19.1 Å². The number of hydrogen-bond donors (Lipinski definition) is 1. The minimum Gasteiger partial charge on any atom is -0.337 e. The molecule has 0 radical (unpaired) electrons. The van der Waals surface area contributed by atoms with E-state index >= 15 is 0 Å². The first kappa shape index (κ1) is 18.5. The lowest BCUT2D eigenvalue weighted by Crippen LogP contribution is -2.47. The summed E-state index contributed by atoms with van der Waals surface area (Å²) in [5, 5.41) is 13.3. The minimum atomic E-state index is -0.808. The third-order valence-electron chi connectivity index (χ3n) is 4.63. The van der Waals surface area contributed by atoms with Gasteiger partial charge in [-0.25, -0.2) is 4.98 Å². The van der Waals surface area contributed by atoms with E-state index < -0.39 is 5.54 Å². The van der Waals surface area contributed by atoms with E-state index in [4.69, 9.17) is 0 Å². The maximum Gasteiger partial charge on any atom is 0.262 e. The van der Waals surface area contributed by atoms with Crippen LogP contribution in [0.2, 0.25) is 0 Å². The highest BCUT2D eigenvalue weighted by Crippen LogP contribution is 2.39. The van der Waals surface area contributed by atoms with E-state index in [1.54, 1.807) is 23.6 Å². The van der Waals surface area contributed by atoms with E-state index in [1.165, 1.54) is 11.8 Å². The molecule has 1 saturated carbocycles. The zero-order valence-electron chi connectivity index (χ0n) is 15.0. The molecule has 2 aromatic rings. The zero-order chi connectivity index (χ0) is 18.7. The Hall–Kier alpha value is -2.33. The van der Waals surface area contributed by atoms with Crippen molar-refractivity contribution in [3.05, 3.63) is 34.6 Å². The molecule has 1 atom stereocenters. The number of nitrogens with zero attached hydrogens (tertiary/aromatic N) is 3. The quantitative estimate of drug-likeness (QED) is 0.598. The zero-order valence-corrected chi connectivity index (χ0v) is 15.8. The second-order valence-corrected chi connectivity index (χ2v) is 7.74. The molecule has 1 aliphatic rings. The van der Waals surface area contributed by atoms with Gasteiger partial charge in [0.15, 0.2) is 5.16 Å². The predicted octanol–water partition coefficient (Wildman–Crippen LogP) is 2.71. The van der Waals surface area contributed by atoms with Crippen molar-refractivity contribution >= 4 is 28.6 Å². The smallest absolute Gasteiger partial charge is 0.262 e. The number of rotatable bonds is 7. The van der Waals surface area contributed by atoms with E-state index in [-0.39, 0.29) is 23.1 Å². The van der Waals surface area contributed by atoms with E-state index in [0.29, 0.717) is 22.6 Å². The summed E-state index contributed by atoms with van der Waals surface area (Å²) < 4.78 is 1.63. The molecule has 0 saturated heterocycles. The van der Waals surface area contributed by atoms with Crippen molar-refractivity contribution in [2.45, 2.75) is 50.4 Å². The molecular weight excluding hydrogens is 348 g/mol. The molecule has 1 aromatic carbocycles. The van der Waals surface area contributed by atoms with Crippen molar-refractivity contribution in [1.82, 2.24) is 14.9 Å². The van der Waals surface area contributed by atoms with Crippen molar-refractivity contribution in [3.8, 4) is 6.07 Å². The lowest BCUT2D eigenvalue weighted by molar-refractivity contribution is -0.119. The highest BCUT2D eigenvalue weighted by atomic mass is 32.2. The average Bonchev–Trinajstić information content (AvgIpc) is 3.48. The SMILES string of the molecule is CCCn1c(SCC(=O)N[C@@](C)(C#N)C2CC2)nc2ccccc2c1=O. The summed E-state index contributed by atoms with van der Waals surface area (Å²) >= 11 is 1.24. The Kier molecular flexibility index (Phi) is 5.33. The number of aromatic nitrogens is 2. The summed E-state index contributed by atoms with van der Waals surface area (Å²) in [6, 6.07) is 9.46. The predicted molar refractivity (Wildman–Crippen MR) is 102 cm³/mol. The molecule has 136 valence electrons. The van der Waals surface area contributed by atoms with Gasteiger partial charge in [0.1, 0.15) is 5.54 Å². The van der Waals surface area contributed by atoms with Crippen LogP contribution in [-0.4, -0.2) is 26.8 Å². The number of nitriles is 1. The monoisotopic (exact) mass is 370 g/mol. The van der Waals surface area contributed by atoms with Crippen LogP contribution in [0.25, 0.3) is 10.9 Å². The van der Waals surface area contributed by atoms with Crippen LogP contribution in [0.3, 0.4) is 0 Å². The summed E-state index contributed by atoms with van der Waals surface area (Å²) in [7, 11) is 0. The average molecular weight is 370 g/mol. The van der Waals surface area contributed by atoms with Crippen molar-refractivity contribution in [3.63, 3.8) is 0 Å². The van der Waals surface area contributed by atoms with Crippen LogP contribution in [0.1, 0.15) is 33.1 Å². The molecule has 3 rings (SSSR count). The van der Waals surface area contributed by atoms with Crippen molar-refractivity contribution in [2.24, 2.45) is 5.92 Å². The van der Waals surface area contributed by atoms with E-state index in [9.17, 15) is 14.9 Å². The number of benzene rings is 1. The van der Waals surface area contributed by atoms with Crippen LogP contribution in [-0.2, 0) is 11.3 Å². The molecule has 1 amide bonds. The fourth-order valence-electron chi connectivity index (χ4n) is 3.02. The van der Waals surface area contributed by atoms with Gasteiger partial charge in [0.05, 0.1) is 22.7 Å². The Morgan fingerprint density at radius 2 is 2.19 bits per heavy atom. The maximum atomic E-state index is 12.7. The molecule has 0 aliphatic heterocycles. The van der Waals surface area contributed by atoms with Gasteiger partial charge in [-0.1, -0.05) is 30.8 Å². The van der Waals surface area contributed by atoms with Crippen LogP contribution in [0.4, 0.5) is 0 Å². The molecule has 1 aromatic heterocycles. The summed E-state index contributed by atoms with van der Waals surface area (Å²) in [6.45, 7) is 4.32. The highest BCUT2D eigenvalue weighted by Gasteiger charge is 2.42. The van der Waals surface area contributed by atoms with Crippen LogP contribution in [0.15, 0.2) is 34.2 Å². The Morgan fingerprint density at radius 1 is 1.46 bits per heavy atom. The van der Waals surface area contributed by atoms with Gasteiger partial charge in [0.25, 0.3) is 5.56 Å². The first-order chi connectivity index (χ1) is 12.5. The molecule has 1 aliphatic carbocycles. The number of carbonyl (C=O) groups is 1. The molecule has 6 nitrogen and oxygen atoms in total. The van der Waals surface area contributed by atoms with Gasteiger partial charge >= 0.3 is 0 Å². The van der Waals surface area contributed by atoms with Gasteiger partial charge < -0.3 is 5.32 Å². The summed E-state index contributed by atoms with van der Waals surface area (Å²) in [5.41, 5.74) is -0.259. The molecule has 1 heterocycles. The number of nitrogens with one attached hydrogen (secondary N) is 1. The number of hydrogen-bond acceptors (Lipinski definition) is 5. The summed E-state index contributed by atoms with van der Waals surface area (Å²) in [4.78, 5) is 29.6. The lowest BCUT2D eigenvalue weighted by Gasteiger charge is -2.22. The van der Waals surface area contributed by atoms with Crippen molar-refractivity contribution in [1.29, 1.82) is 5.26 Å². The van der Waals surface area contributed by atoms with Gasteiger partial charge in [-0.05, 0) is 44.2 Å². The fourth-order valence-corrected chi connectivity index (χ4v) is 3.84. The largest absolute Gasteiger partial charge is 0.337 e. The normalized spacial score (nSPS) is 16.0. The number of thioether (sulfide) groups is 1. The third kappa shape index (κ3) is 3.75. The molecule has 0 unspecified atom stereocenters. The van der Waals surface area contributed by atoms with Gasteiger partial charge in [-0.3, -0.25) is 14.2 Å². The van der Waals surface area contributed by atoms with E-state index in [0.717, 1.165) is 19.3 Å². The fraction of sp³-hybridized carbons (Fsp3) is 0.474. The van der Waals surface area contributed by atoms with Crippen molar-refractivity contribution < 1.29 is 4.79 Å². The second-order valence-electron chi connectivity index (χ2n) is 6.79. The summed E-state index contributed by atoms with van der Waals surface area (Å²) in [6.07, 6.45) is 2.74. The lowest BCUT2D eigenvalue weighted by atomic mass is 9.98. The number of fused-ring (bicyclic) bond motifs is 1. The molecule has 26 heavy (non-hydrogen) atoms.